The molecule has 0 saturated carbocycles. The molecule has 0 atom stereocenters. The average molecular weight is 329 g/mol. The van der Waals surface area contributed by atoms with Gasteiger partial charge in [0.05, 0.1) is 5.56 Å². The molecule has 0 aromatic heterocycles. The van der Waals surface area contributed by atoms with E-state index in [0.29, 0.717) is 0 Å². The monoisotopic (exact) mass is 328 g/mol. The maximum Gasteiger partial charge on any atom is 0.335 e. The van der Waals surface area contributed by atoms with E-state index in [-0.39, 0.29) is 10.7 Å². The molecule has 0 amide bonds. The van der Waals surface area contributed by atoms with Gasteiger partial charge in [-0.15, -0.1) is 0 Å². The molecule has 3 nitrogen and oxygen atoms in total. The summed E-state index contributed by atoms with van der Waals surface area (Å²) in [5, 5.41) is 8.95. The van der Waals surface area contributed by atoms with Crippen molar-refractivity contribution >= 4 is 44.9 Å². The van der Waals surface area contributed by atoms with Gasteiger partial charge >= 0.3 is 5.97 Å². The van der Waals surface area contributed by atoms with Crippen LogP contribution in [0.5, 0.6) is 0 Å². The van der Waals surface area contributed by atoms with E-state index in [4.69, 9.17) is 5.11 Å². The van der Waals surface area contributed by atoms with Crippen LogP contribution >= 0.6 is 27.7 Å². The highest BCUT2D eigenvalue weighted by atomic mass is 79.9. The summed E-state index contributed by atoms with van der Waals surface area (Å²) < 4.78 is 0.748. The molecule has 1 aromatic carbocycles. The van der Waals surface area contributed by atoms with Crippen molar-refractivity contribution in [1.29, 1.82) is 0 Å². The van der Waals surface area contributed by atoms with E-state index >= 15 is 0 Å². The standard InChI is InChI=1S/C13H13BrO3S/c1-9(15)18-7-3-2-4-10-5-6-11(13(16)17)8-12(10)14/h2,4-6,8H,3,7H2,1H3,(H,16,17). The van der Waals surface area contributed by atoms with Crippen LogP contribution < -0.4 is 0 Å². The number of carboxylic acid groups (broad SMARTS) is 1. The minimum Gasteiger partial charge on any atom is -0.478 e. The van der Waals surface area contributed by atoms with Crippen molar-refractivity contribution in [2.24, 2.45) is 0 Å². The molecular formula is C13H13BrO3S. The number of halogens is 1. The van der Waals surface area contributed by atoms with Gasteiger partial charge in [-0.05, 0) is 24.1 Å². The van der Waals surface area contributed by atoms with E-state index in [1.165, 1.54) is 11.8 Å². The first-order chi connectivity index (χ1) is 8.50. The maximum absolute atomic E-state index is 10.8. The van der Waals surface area contributed by atoms with Crippen LogP contribution in [0.15, 0.2) is 28.7 Å². The first-order valence-corrected chi connectivity index (χ1v) is 7.11. The number of carbonyl (C=O) groups excluding carboxylic acids is 1. The summed E-state index contributed by atoms with van der Waals surface area (Å²) in [4.78, 5) is 21.5. The van der Waals surface area contributed by atoms with Crippen molar-refractivity contribution < 1.29 is 14.7 Å². The van der Waals surface area contributed by atoms with E-state index in [1.54, 1.807) is 25.1 Å². The number of aromatic carboxylic acids is 1. The third kappa shape index (κ3) is 5.06. The SMILES string of the molecule is CC(=O)SCCC=Cc1ccc(C(=O)O)cc1Br. The Kier molecular flexibility index (Phi) is 6.15. The molecule has 5 heteroatoms. The Morgan fingerprint density at radius 1 is 1.44 bits per heavy atom. The lowest BCUT2D eigenvalue weighted by Crippen LogP contribution is -1.95. The fourth-order valence-corrected chi connectivity index (χ4v) is 2.33. The van der Waals surface area contributed by atoms with Crippen molar-refractivity contribution in [1.82, 2.24) is 0 Å². The number of benzene rings is 1. The smallest absolute Gasteiger partial charge is 0.335 e. The summed E-state index contributed by atoms with van der Waals surface area (Å²) in [5.41, 5.74) is 1.18. The van der Waals surface area contributed by atoms with Gasteiger partial charge in [0.15, 0.2) is 5.12 Å². The third-order valence-electron chi connectivity index (χ3n) is 2.13. The zero-order valence-corrected chi connectivity index (χ0v) is 12.3. The molecule has 1 N–H and O–H groups in total. The van der Waals surface area contributed by atoms with Crippen molar-refractivity contribution in [3.63, 3.8) is 0 Å². The van der Waals surface area contributed by atoms with E-state index in [2.05, 4.69) is 15.9 Å². The van der Waals surface area contributed by atoms with E-state index < -0.39 is 5.97 Å². The molecular weight excluding hydrogens is 316 g/mol. The number of carbonyl (C=O) groups is 2. The maximum atomic E-state index is 10.8. The zero-order valence-electron chi connectivity index (χ0n) is 9.85. The summed E-state index contributed by atoms with van der Waals surface area (Å²) in [6, 6.07) is 4.89. The second-order valence-electron chi connectivity index (χ2n) is 3.57. The fourth-order valence-electron chi connectivity index (χ4n) is 1.28. The second kappa shape index (κ2) is 7.38. The zero-order chi connectivity index (χ0) is 13.5. The van der Waals surface area contributed by atoms with Crippen molar-refractivity contribution in [3.8, 4) is 0 Å². The number of hydrogen-bond donors (Lipinski definition) is 1. The summed E-state index contributed by atoms with van der Waals surface area (Å²) in [5.74, 6) is -0.180. The van der Waals surface area contributed by atoms with Crippen molar-refractivity contribution in [2.75, 3.05) is 5.75 Å². The Morgan fingerprint density at radius 3 is 2.72 bits per heavy atom. The Morgan fingerprint density at radius 2 is 2.17 bits per heavy atom. The van der Waals surface area contributed by atoms with E-state index in [1.807, 2.05) is 12.2 Å². The van der Waals surface area contributed by atoms with Crippen LogP contribution in [0, 0.1) is 0 Å². The summed E-state index contributed by atoms with van der Waals surface area (Å²) in [6.07, 6.45) is 4.68. The molecule has 1 rings (SSSR count). The fraction of sp³-hybridized carbons (Fsp3) is 0.231. The topological polar surface area (TPSA) is 54.4 Å². The number of carboxylic acids is 1. The minimum absolute atomic E-state index is 0.121. The van der Waals surface area contributed by atoms with Crippen LogP contribution in [-0.4, -0.2) is 21.9 Å². The molecule has 0 aliphatic rings. The van der Waals surface area contributed by atoms with Crippen LogP contribution in [0.4, 0.5) is 0 Å². The van der Waals surface area contributed by atoms with Gasteiger partial charge in [-0.3, -0.25) is 4.79 Å². The predicted molar refractivity (Wildman–Crippen MR) is 77.9 cm³/mol. The molecule has 96 valence electrons. The first-order valence-electron chi connectivity index (χ1n) is 5.33. The second-order valence-corrected chi connectivity index (χ2v) is 5.70. The lowest BCUT2D eigenvalue weighted by atomic mass is 10.1. The molecule has 0 radical (unpaired) electrons. The Bertz CT molecular complexity index is 483. The van der Waals surface area contributed by atoms with E-state index in [0.717, 1.165) is 22.2 Å². The lowest BCUT2D eigenvalue weighted by Gasteiger charge is -2.00. The number of rotatable bonds is 5. The largest absolute Gasteiger partial charge is 0.478 e. The summed E-state index contributed by atoms with van der Waals surface area (Å²) >= 11 is 4.63. The van der Waals surface area contributed by atoms with Crippen molar-refractivity contribution in [3.05, 3.63) is 39.9 Å². The molecule has 0 aliphatic carbocycles. The molecule has 18 heavy (non-hydrogen) atoms. The number of hydrogen-bond acceptors (Lipinski definition) is 3. The molecule has 0 aliphatic heterocycles. The number of thioether (sulfide) groups is 1. The van der Waals surface area contributed by atoms with Crippen molar-refractivity contribution in [2.45, 2.75) is 13.3 Å². The lowest BCUT2D eigenvalue weighted by molar-refractivity contribution is -0.109. The molecule has 0 bridgehead atoms. The van der Waals surface area contributed by atoms with Gasteiger partial charge in [-0.2, -0.15) is 0 Å². The van der Waals surface area contributed by atoms with Crippen LogP contribution in [0.25, 0.3) is 6.08 Å². The molecule has 0 fully saturated rings. The predicted octanol–water partition coefficient (Wildman–Crippen LogP) is 3.83. The van der Waals surface area contributed by atoms with Crippen LogP contribution in [0.3, 0.4) is 0 Å². The highest BCUT2D eigenvalue weighted by Gasteiger charge is 2.04. The summed E-state index contributed by atoms with van der Waals surface area (Å²) in [7, 11) is 0. The molecule has 0 unspecified atom stereocenters. The van der Waals surface area contributed by atoms with Crippen LogP contribution in [-0.2, 0) is 4.79 Å². The van der Waals surface area contributed by atoms with Gasteiger partial charge in [0.2, 0.25) is 0 Å². The normalized spacial score (nSPS) is 10.8. The van der Waals surface area contributed by atoms with Crippen LogP contribution in [0.2, 0.25) is 0 Å². The highest BCUT2D eigenvalue weighted by molar-refractivity contribution is 9.10. The quantitative estimate of drug-likeness (QED) is 0.834. The van der Waals surface area contributed by atoms with Gasteiger partial charge in [0.1, 0.15) is 0 Å². The third-order valence-corrected chi connectivity index (χ3v) is 3.67. The summed E-state index contributed by atoms with van der Waals surface area (Å²) in [6.45, 7) is 1.55. The molecule has 0 heterocycles. The molecule has 0 saturated heterocycles. The highest BCUT2D eigenvalue weighted by Crippen LogP contribution is 2.20. The van der Waals surface area contributed by atoms with Gasteiger partial charge in [-0.1, -0.05) is 45.9 Å². The Labute approximate surface area is 118 Å². The minimum atomic E-state index is -0.941. The molecule has 1 aromatic rings. The van der Waals surface area contributed by atoms with Gasteiger partial charge < -0.3 is 5.11 Å². The average Bonchev–Trinajstić information content (AvgIpc) is 2.29. The van der Waals surface area contributed by atoms with Crippen LogP contribution in [0.1, 0.15) is 29.3 Å². The Hall–Kier alpha value is -1.07. The van der Waals surface area contributed by atoms with Gasteiger partial charge in [-0.25, -0.2) is 4.79 Å². The van der Waals surface area contributed by atoms with Gasteiger partial charge in [0, 0.05) is 17.1 Å². The van der Waals surface area contributed by atoms with E-state index in [9.17, 15) is 9.59 Å². The first kappa shape index (κ1) is 15.0. The number of allylic oxidation sites excluding steroid dienone is 1. The molecule has 0 spiro atoms. The van der Waals surface area contributed by atoms with Gasteiger partial charge in [0.25, 0.3) is 0 Å². The Balaban J connectivity index is 2.59.